The molecule has 3 rings (SSSR count). The van der Waals surface area contributed by atoms with E-state index in [1.165, 1.54) is 17.0 Å². The largest absolute Gasteiger partial charge is 0.481 e. The highest BCUT2D eigenvalue weighted by Crippen LogP contribution is 2.37. The Hall–Kier alpha value is -2.41. The highest BCUT2D eigenvalue weighted by atomic mass is 19.1. The molecule has 1 aromatic carbocycles. The van der Waals surface area contributed by atoms with Gasteiger partial charge in [-0.3, -0.25) is 9.59 Å². The van der Waals surface area contributed by atoms with Gasteiger partial charge in [-0.15, -0.1) is 0 Å². The number of carbonyl (C=O) groups is 2. The fourth-order valence-corrected chi connectivity index (χ4v) is 3.75. The van der Waals surface area contributed by atoms with Crippen LogP contribution in [0.5, 0.6) is 0 Å². The summed E-state index contributed by atoms with van der Waals surface area (Å²) in [5, 5.41) is 20.9. The van der Waals surface area contributed by atoms with E-state index in [2.05, 4.69) is 4.98 Å². The van der Waals surface area contributed by atoms with Crippen LogP contribution in [0, 0.1) is 17.2 Å². The zero-order chi connectivity index (χ0) is 19.8. The van der Waals surface area contributed by atoms with Crippen LogP contribution < -0.4 is 0 Å². The smallest absolute Gasteiger partial charge is 0.314 e. The highest BCUT2D eigenvalue weighted by Gasteiger charge is 2.50. The monoisotopic (exact) mass is 376 g/mol. The molecule has 0 aliphatic carbocycles. The molecule has 1 aromatic heterocycles. The number of fused-ring (bicyclic) bond motifs is 1. The van der Waals surface area contributed by atoms with Crippen LogP contribution in [-0.2, 0) is 4.79 Å². The first kappa shape index (κ1) is 19.4. The minimum Gasteiger partial charge on any atom is -0.481 e. The molecule has 0 spiro atoms. The lowest BCUT2D eigenvalue weighted by molar-refractivity contribution is -0.163. The molecular formula is C20H25FN2O4. The van der Waals surface area contributed by atoms with E-state index in [0.717, 1.165) is 0 Å². The molecule has 27 heavy (non-hydrogen) atoms. The van der Waals surface area contributed by atoms with Crippen molar-refractivity contribution in [3.63, 3.8) is 0 Å². The van der Waals surface area contributed by atoms with Crippen LogP contribution in [-0.4, -0.2) is 51.2 Å². The quantitative estimate of drug-likeness (QED) is 0.748. The van der Waals surface area contributed by atoms with Gasteiger partial charge < -0.3 is 20.1 Å². The summed E-state index contributed by atoms with van der Waals surface area (Å²) in [5.41, 5.74) is -0.438. The van der Waals surface area contributed by atoms with E-state index in [1.807, 2.05) is 13.8 Å². The van der Waals surface area contributed by atoms with Crippen molar-refractivity contribution in [2.45, 2.75) is 39.2 Å². The lowest BCUT2D eigenvalue weighted by Gasteiger charge is -2.43. The number of hydrogen-bond acceptors (Lipinski definition) is 3. The Morgan fingerprint density at radius 2 is 2.11 bits per heavy atom. The number of nitrogens with one attached hydrogen (secondary N) is 1. The maximum atomic E-state index is 13.4. The Morgan fingerprint density at radius 3 is 2.78 bits per heavy atom. The van der Waals surface area contributed by atoms with Crippen molar-refractivity contribution in [1.29, 1.82) is 0 Å². The van der Waals surface area contributed by atoms with Gasteiger partial charge in [-0.25, -0.2) is 4.39 Å². The number of carboxylic acids is 1. The van der Waals surface area contributed by atoms with Gasteiger partial charge in [0.1, 0.15) is 16.9 Å². The van der Waals surface area contributed by atoms with Gasteiger partial charge in [0.15, 0.2) is 0 Å². The van der Waals surface area contributed by atoms with Gasteiger partial charge >= 0.3 is 5.97 Å². The molecule has 6 nitrogen and oxygen atoms in total. The normalized spacial score (nSPS) is 23.1. The molecule has 1 aliphatic heterocycles. The number of amides is 1. The number of benzene rings is 1. The topological polar surface area (TPSA) is 93.6 Å². The van der Waals surface area contributed by atoms with E-state index in [-0.39, 0.29) is 36.9 Å². The summed E-state index contributed by atoms with van der Waals surface area (Å²) >= 11 is 0. The lowest BCUT2D eigenvalue weighted by atomic mass is 9.72. The molecule has 0 unspecified atom stereocenters. The average Bonchev–Trinajstić information content (AvgIpc) is 3.03. The van der Waals surface area contributed by atoms with E-state index < -0.39 is 17.5 Å². The number of halogens is 1. The molecule has 0 bridgehead atoms. The highest BCUT2D eigenvalue weighted by molar-refractivity contribution is 5.98. The van der Waals surface area contributed by atoms with Crippen LogP contribution in [0.1, 0.15) is 43.6 Å². The average molecular weight is 376 g/mol. The predicted octanol–water partition coefficient (Wildman–Crippen LogP) is 3.02. The van der Waals surface area contributed by atoms with E-state index >= 15 is 0 Å². The SMILES string of the molecule is CC(C)CC[C@@]1(C(=O)O)CN(C(=O)c2cc3cc(F)ccc3[nH]2)CC[C@H]1O. The number of piperidine rings is 1. The van der Waals surface area contributed by atoms with E-state index in [0.29, 0.717) is 29.7 Å². The van der Waals surface area contributed by atoms with Crippen LogP contribution in [0.4, 0.5) is 4.39 Å². The van der Waals surface area contributed by atoms with Crippen molar-refractivity contribution in [2.75, 3.05) is 13.1 Å². The molecular weight excluding hydrogens is 351 g/mol. The van der Waals surface area contributed by atoms with Crippen molar-refractivity contribution >= 4 is 22.8 Å². The van der Waals surface area contributed by atoms with Gasteiger partial charge in [0.2, 0.25) is 0 Å². The Kier molecular flexibility index (Phi) is 5.24. The summed E-state index contributed by atoms with van der Waals surface area (Å²) < 4.78 is 13.4. The minimum absolute atomic E-state index is 0.0429. The molecule has 0 radical (unpaired) electrons. The molecule has 1 aliphatic rings. The van der Waals surface area contributed by atoms with Gasteiger partial charge in [-0.1, -0.05) is 13.8 Å². The Bertz CT molecular complexity index is 863. The van der Waals surface area contributed by atoms with Crippen molar-refractivity contribution in [3.05, 3.63) is 35.8 Å². The third kappa shape index (κ3) is 3.69. The summed E-state index contributed by atoms with van der Waals surface area (Å²) in [6.07, 6.45) is 0.180. The van der Waals surface area contributed by atoms with Crippen molar-refractivity contribution in [3.8, 4) is 0 Å². The summed E-state index contributed by atoms with van der Waals surface area (Å²) in [4.78, 5) is 29.4. The molecule has 1 saturated heterocycles. The summed E-state index contributed by atoms with van der Waals surface area (Å²) in [6, 6.07) is 5.78. The number of rotatable bonds is 5. The van der Waals surface area contributed by atoms with E-state index in [4.69, 9.17) is 0 Å². The summed E-state index contributed by atoms with van der Waals surface area (Å²) in [6.45, 7) is 4.23. The molecule has 3 N–H and O–H groups in total. The number of aliphatic hydroxyl groups is 1. The number of aliphatic carboxylic acids is 1. The molecule has 2 atom stereocenters. The third-order valence-electron chi connectivity index (χ3n) is 5.48. The predicted molar refractivity (Wildman–Crippen MR) is 98.9 cm³/mol. The zero-order valence-electron chi connectivity index (χ0n) is 15.5. The number of likely N-dealkylation sites (tertiary alicyclic amines) is 1. The first-order valence-corrected chi connectivity index (χ1v) is 9.22. The Morgan fingerprint density at radius 1 is 1.37 bits per heavy atom. The van der Waals surface area contributed by atoms with Gasteiger partial charge in [0.05, 0.1) is 6.10 Å². The van der Waals surface area contributed by atoms with Crippen LogP contribution in [0.2, 0.25) is 0 Å². The fraction of sp³-hybridized carbons (Fsp3) is 0.500. The van der Waals surface area contributed by atoms with Crippen LogP contribution >= 0.6 is 0 Å². The second kappa shape index (κ2) is 7.31. The maximum Gasteiger partial charge on any atom is 0.314 e. The van der Waals surface area contributed by atoms with Crippen LogP contribution in [0.3, 0.4) is 0 Å². The second-order valence-corrected chi connectivity index (χ2v) is 7.84. The lowest BCUT2D eigenvalue weighted by Crippen LogP contribution is -2.57. The molecule has 1 fully saturated rings. The van der Waals surface area contributed by atoms with Crippen LogP contribution in [0.25, 0.3) is 10.9 Å². The van der Waals surface area contributed by atoms with Crippen LogP contribution in [0.15, 0.2) is 24.3 Å². The number of nitrogens with zero attached hydrogens (tertiary/aromatic N) is 1. The zero-order valence-corrected chi connectivity index (χ0v) is 15.5. The number of H-pyrrole nitrogens is 1. The summed E-state index contributed by atoms with van der Waals surface area (Å²) in [5.74, 6) is -1.51. The number of carbonyl (C=O) groups excluding carboxylic acids is 1. The minimum atomic E-state index is -1.36. The first-order valence-electron chi connectivity index (χ1n) is 9.22. The number of aliphatic hydroxyl groups excluding tert-OH is 1. The van der Waals surface area contributed by atoms with Crippen molar-refractivity contribution in [1.82, 2.24) is 9.88 Å². The van der Waals surface area contributed by atoms with Crippen molar-refractivity contribution in [2.24, 2.45) is 11.3 Å². The number of hydrogen-bond donors (Lipinski definition) is 3. The molecule has 2 aromatic rings. The maximum absolute atomic E-state index is 13.4. The fourth-order valence-electron chi connectivity index (χ4n) is 3.75. The van der Waals surface area contributed by atoms with Gasteiger partial charge in [0.25, 0.3) is 5.91 Å². The Labute approximate surface area is 157 Å². The second-order valence-electron chi connectivity index (χ2n) is 7.84. The number of carboxylic acid groups (broad SMARTS) is 1. The van der Waals surface area contributed by atoms with E-state index in [9.17, 15) is 24.2 Å². The van der Waals surface area contributed by atoms with Gasteiger partial charge in [-0.2, -0.15) is 0 Å². The molecule has 0 saturated carbocycles. The standard InChI is InChI=1S/C20H25FN2O4/c1-12(2)5-7-20(19(26)27)11-23(8-6-17(20)24)18(25)16-10-13-9-14(21)3-4-15(13)22-16/h3-4,9-10,12,17,22,24H,5-8,11H2,1-2H3,(H,26,27)/t17-,20-/m1/s1. The molecule has 7 heteroatoms. The number of aromatic nitrogens is 1. The number of aromatic amines is 1. The van der Waals surface area contributed by atoms with Crippen molar-refractivity contribution < 1.29 is 24.2 Å². The Balaban J connectivity index is 1.86. The van der Waals surface area contributed by atoms with Gasteiger partial charge in [0, 0.05) is 24.0 Å². The third-order valence-corrected chi connectivity index (χ3v) is 5.48. The molecule has 146 valence electrons. The van der Waals surface area contributed by atoms with E-state index in [1.54, 1.807) is 12.1 Å². The van der Waals surface area contributed by atoms with Gasteiger partial charge in [-0.05, 0) is 49.4 Å². The molecule has 2 heterocycles. The molecule has 1 amide bonds. The first-order chi connectivity index (χ1) is 12.7. The summed E-state index contributed by atoms with van der Waals surface area (Å²) in [7, 11) is 0.